The number of benzene rings is 2. The molecule has 0 aliphatic heterocycles. The molecule has 6 heteroatoms. The topological polar surface area (TPSA) is 76.7 Å². The van der Waals surface area contributed by atoms with Crippen LogP contribution >= 0.6 is 0 Å². The summed E-state index contributed by atoms with van der Waals surface area (Å²) in [7, 11) is 3.14. The fourth-order valence-electron chi connectivity index (χ4n) is 2.75. The molecular weight excluding hydrogens is 368 g/mol. The number of rotatable bonds is 10. The Morgan fingerprint density at radius 2 is 1.66 bits per heavy atom. The molecular formula is C23H28N2O4. The van der Waals surface area contributed by atoms with Crippen LogP contribution in [0.1, 0.15) is 38.2 Å². The average Bonchev–Trinajstić information content (AvgIpc) is 2.72. The molecule has 154 valence electrons. The number of amides is 2. The van der Waals surface area contributed by atoms with E-state index in [-0.39, 0.29) is 11.8 Å². The van der Waals surface area contributed by atoms with Gasteiger partial charge in [0.25, 0.3) is 0 Å². The van der Waals surface area contributed by atoms with Gasteiger partial charge in [0.05, 0.1) is 14.2 Å². The maximum absolute atomic E-state index is 12.2. The van der Waals surface area contributed by atoms with Crippen LogP contribution in [0.3, 0.4) is 0 Å². The van der Waals surface area contributed by atoms with Crippen molar-refractivity contribution in [1.29, 1.82) is 0 Å². The van der Waals surface area contributed by atoms with E-state index in [2.05, 4.69) is 17.6 Å². The third-order valence-electron chi connectivity index (χ3n) is 4.26. The highest BCUT2D eigenvalue weighted by atomic mass is 16.5. The van der Waals surface area contributed by atoms with Crippen LogP contribution < -0.4 is 20.1 Å². The van der Waals surface area contributed by atoms with Crippen molar-refractivity contribution >= 4 is 29.3 Å². The third-order valence-corrected chi connectivity index (χ3v) is 4.26. The van der Waals surface area contributed by atoms with Crippen molar-refractivity contribution in [3.05, 3.63) is 54.1 Å². The normalized spacial score (nSPS) is 10.6. The summed E-state index contributed by atoms with van der Waals surface area (Å²) in [6, 6.07) is 12.5. The first kappa shape index (κ1) is 22.0. The Labute approximate surface area is 171 Å². The van der Waals surface area contributed by atoms with Crippen molar-refractivity contribution in [1.82, 2.24) is 0 Å². The van der Waals surface area contributed by atoms with E-state index in [1.807, 2.05) is 6.07 Å². The van der Waals surface area contributed by atoms with Gasteiger partial charge in [0, 0.05) is 23.9 Å². The van der Waals surface area contributed by atoms with E-state index in [1.54, 1.807) is 56.7 Å². The van der Waals surface area contributed by atoms with Crippen LogP contribution in [0.15, 0.2) is 48.5 Å². The smallest absolute Gasteiger partial charge is 0.248 e. The molecule has 0 aliphatic carbocycles. The molecule has 2 rings (SSSR count). The number of unbranched alkanes of at least 4 members (excludes halogenated alkanes) is 2. The monoisotopic (exact) mass is 396 g/mol. The zero-order valence-corrected chi connectivity index (χ0v) is 17.2. The summed E-state index contributed by atoms with van der Waals surface area (Å²) in [5.74, 6) is 0.932. The Hall–Kier alpha value is -3.28. The molecule has 0 aliphatic rings. The van der Waals surface area contributed by atoms with Crippen LogP contribution in [0, 0.1) is 0 Å². The average molecular weight is 396 g/mol. The molecule has 29 heavy (non-hydrogen) atoms. The number of ether oxygens (including phenoxy) is 2. The second-order valence-corrected chi connectivity index (χ2v) is 6.52. The number of hydrogen-bond donors (Lipinski definition) is 2. The van der Waals surface area contributed by atoms with Gasteiger partial charge >= 0.3 is 0 Å². The van der Waals surface area contributed by atoms with Gasteiger partial charge in [-0.25, -0.2) is 0 Å². The summed E-state index contributed by atoms with van der Waals surface area (Å²) in [6.45, 7) is 2.10. The van der Waals surface area contributed by atoms with Crippen molar-refractivity contribution in [2.45, 2.75) is 32.6 Å². The first-order chi connectivity index (χ1) is 14.0. The molecule has 0 bridgehead atoms. The highest BCUT2D eigenvalue weighted by Crippen LogP contribution is 2.28. The number of carbonyl (C=O) groups is 2. The van der Waals surface area contributed by atoms with Crippen molar-refractivity contribution in [3.63, 3.8) is 0 Å². The van der Waals surface area contributed by atoms with E-state index in [1.165, 1.54) is 6.08 Å². The minimum Gasteiger partial charge on any atom is -0.493 e. The lowest BCUT2D eigenvalue weighted by Crippen LogP contribution is -2.12. The van der Waals surface area contributed by atoms with Crippen LogP contribution in [0.25, 0.3) is 6.08 Å². The fraction of sp³-hybridized carbons (Fsp3) is 0.304. The van der Waals surface area contributed by atoms with Crippen molar-refractivity contribution in [2.24, 2.45) is 0 Å². The Kier molecular flexibility index (Phi) is 8.76. The lowest BCUT2D eigenvalue weighted by atomic mass is 10.2. The predicted molar refractivity (Wildman–Crippen MR) is 116 cm³/mol. The van der Waals surface area contributed by atoms with E-state index >= 15 is 0 Å². The van der Waals surface area contributed by atoms with Crippen LogP contribution in [-0.2, 0) is 9.59 Å². The first-order valence-electron chi connectivity index (χ1n) is 9.66. The van der Waals surface area contributed by atoms with Gasteiger partial charge in [-0.2, -0.15) is 0 Å². The molecule has 2 aromatic rings. The van der Waals surface area contributed by atoms with Gasteiger partial charge in [0.2, 0.25) is 11.8 Å². The number of carbonyl (C=O) groups excluding carboxylic acids is 2. The van der Waals surface area contributed by atoms with Crippen LogP contribution in [-0.4, -0.2) is 26.0 Å². The maximum Gasteiger partial charge on any atom is 0.248 e. The number of hydrogen-bond acceptors (Lipinski definition) is 4. The lowest BCUT2D eigenvalue weighted by molar-refractivity contribution is -0.116. The molecule has 0 atom stereocenters. The largest absolute Gasteiger partial charge is 0.493 e. The molecule has 2 amide bonds. The van der Waals surface area contributed by atoms with Gasteiger partial charge in [0.15, 0.2) is 11.5 Å². The van der Waals surface area contributed by atoms with Gasteiger partial charge in [-0.15, -0.1) is 0 Å². The van der Waals surface area contributed by atoms with Gasteiger partial charge in [-0.1, -0.05) is 31.9 Å². The highest BCUT2D eigenvalue weighted by Gasteiger charge is 2.05. The molecule has 2 N–H and O–H groups in total. The van der Waals surface area contributed by atoms with Crippen LogP contribution in [0.5, 0.6) is 11.5 Å². The Balaban J connectivity index is 1.95. The van der Waals surface area contributed by atoms with Gasteiger partial charge in [-0.3, -0.25) is 9.59 Å². The molecule has 0 radical (unpaired) electrons. The predicted octanol–water partition coefficient (Wildman–Crippen LogP) is 4.87. The molecule has 0 unspecified atom stereocenters. The Morgan fingerprint density at radius 3 is 2.34 bits per heavy atom. The number of anilines is 2. The van der Waals surface area contributed by atoms with Crippen molar-refractivity contribution in [2.75, 3.05) is 24.9 Å². The van der Waals surface area contributed by atoms with E-state index in [0.29, 0.717) is 29.3 Å². The molecule has 0 spiro atoms. The highest BCUT2D eigenvalue weighted by molar-refractivity contribution is 6.02. The molecule has 6 nitrogen and oxygen atoms in total. The quantitative estimate of drug-likeness (QED) is 0.443. The summed E-state index contributed by atoms with van der Waals surface area (Å²) >= 11 is 0. The molecule has 0 heterocycles. The SMILES string of the molecule is CCCCCC(=O)Nc1cccc(NC(=O)/C=C/c2ccc(OC)c(OC)c2)c1. The van der Waals surface area contributed by atoms with Crippen molar-refractivity contribution < 1.29 is 19.1 Å². The standard InChI is InChI=1S/C23H28N2O4/c1-4-5-6-10-22(26)24-18-8-7-9-19(16-18)25-23(27)14-12-17-11-13-20(28-2)21(15-17)29-3/h7-9,11-16H,4-6,10H2,1-3H3,(H,24,26)(H,25,27)/b14-12+. The first-order valence-corrected chi connectivity index (χ1v) is 9.66. The van der Waals surface area contributed by atoms with E-state index < -0.39 is 0 Å². The van der Waals surface area contributed by atoms with Crippen LogP contribution in [0.4, 0.5) is 11.4 Å². The maximum atomic E-state index is 12.2. The summed E-state index contributed by atoms with van der Waals surface area (Å²) in [4.78, 5) is 24.2. The van der Waals surface area contributed by atoms with Crippen molar-refractivity contribution in [3.8, 4) is 11.5 Å². The lowest BCUT2D eigenvalue weighted by Gasteiger charge is -2.08. The second-order valence-electron chi connectivity index (χ2n) is 6.52. The van der Waals surface area contributed by atoms with Crippen LogP contribution in [0.2, 0.25) is 0 Å². The number of methoxy groups -OCH3 is 2. The van der Waals surface area contributed by atoms with Gasteiger partial charge < -0.3 is 20.1 Å². The summed E-state index contributed by atoms with van der Waals surface area (Å²) in [6.07, 6.45) is 6.62. The third kappa shape index (κ3) is 7.33. The van der Waals surface area contributed by atoms with E-state index in [0.717, 1.165) is 24.8 Å². The molecule has 0 aromatic heterocycles. The summed E-state index contributed by atoms with van der Waals surface area (Å²) < 4.78 is 10.5. The summed E-state index contributed by atoms with van der Waals surface area (Å²) in [5, 5.41) is 5.66. The second kappa shape index (κ2) is 11.5. The Morgan fingerprint density at radius 1 is 0.931 bits per heavy atom. The molecule has 0 saturated carbocycles. The fourth-order valence-corrected chi connectivity index (χ4v) is 2.75. The zero-order valence-electron chi connectivity index (χ0n) is 17.2. The van der Waals surface area contributed by atoms with Gasteiger partial charge in [0.1, 0.15) is 0 Å². The Bertz CT molecular complexity index is 862. The molecule has 0 fully saturated rings. The zero-order chi connectivity index (χ0) is 21.1. The molecule has 0 saturated heterocycles. The minimum absolute atomic E-state index is 0.0183. The van der Waals surface area contributed by atoms with E-state index in [4.69, 9.17) is 9.47 Å². The van der Waals surface area contributed by atoms with Gasteiger partial charge in [-0.05, 0) is 48.4 Å². The minimum atomic E-state index is -0.272. The van der Waals surface area contributed by atoms with E-state index in [9.17, 15) is 9.59 Å². The number of nitrogens with one attached hydrogen (secondary N) is 2. The molecule has 2 aromatic carbocycles. The summed E-state index contributed by atoms with van der Waals surface area (Å²) in [5.41, 5.74) is 2.08.